The van der Waals surface area contributed by atoms with E-state index in [0.717, 1.165) is 16.2 Å². The van der Waals surface area contributed by atoms with Gasteiger partial charge in [-0.25, -0.2) is 4.79 Å². The molecule has 6 N–H and O–H groups in total. The number of likely N-dealkylation sites (tertiary alicyclic amines) is 1. The molecule has 4 rings (SSSR count). The Bertz CT molecular complexity index is 3350. The lowest BCUT2D eigenvalue weighted by Gasteiger charge is -2.38. The van der Waals surface area contributed by atoms with Gasteiger partial charge in [0.25, 0.3) is 0 Å². The van der Waals surface area contributed by atoms with Crippen LogP contribution < -0.4 is 27.0 Å². The van der Waals surface area contributed by atoms with Gasteiger partial charge in [0.15, 0.2) is 5.82 Å². The Morgan fingerprint density at radius 3 is 1.49 bits per heavy atom. The first-order valence-electron chi connectivity index (χ1n) is 37.5. The van der Waals surface area contributed by atoms with Gasteiger partial charge in [0.05, 0.1) is 19.1 Å². The molecule has 2 aromatic rings. The number of carbonyl (C=O) groups is 12. The summed E-state index contributed by atoms with van der Waals surface area (Å²) in [6.45, 7) is 22.9. The van der Waals surface area contributed by atoms with Crippen LogP contribution in [-0.4, -0.2) is 267 Å². The maximum atomic E-state index is 15.6. The smallest absolute Gasteiger partial charge is 0.391 e. The zero-order chi connectivity index (χ0) is 79.9. The SMILES string of the molecule is CC[C@H](C)[C@@H]1NC(=O)[C@H](CC(C)C)N(C)C(=O)CCCN(C)C(=O)C[C@@H](C(=O)N2CCCCC2)NC(=O)[C@H](CC(C)C)N(C)C(=O)[C@H](CC(C)C)N(C)C(=O)[C@H]([C@@H](C)O)NC(=O)[C@H](CC(C)C)N(C)C(=O)C(COCc2noc(=O)[nH]2)NC(=O)[C@H](CC(C)C)N(C)C(=O)[C@H](Cc2cccc(Cl)c2)N(C)C1=O. The number of likely N-dealkylation sites (N-methyl/N-ethyl adjacent to an activating group) is 6. The van der Waals surface area contributed by atoms with E-state index in [0.29, 0.717) is 42.9 Å². The number of H-pyrrole nitrogens is 1. The third kappa shape index (κ3) is 26.5. The van der Waals surface area contributed by atoms with Crippen molar-refractivity contribution in [2.45, 2.75) is 247 Å². The van der Waals surface area contributed by atoms with Gasteiger partial charge in [-0.3, -0.25) is 67.0 Å². The summed E-state index contributed by atoms with van der Waals surface area (Å²) in [6.07, 6.45) is 0.615. The lowest BCUT2D eigenvalue weighted by molar-refractivity contribution is -0.152. The van der Waals surface area contributed by atoms with Crippen LogP contribution in [0.25, 0.3) is 0 Å². The van der Waals surface area contributed by atoms with Gasteiger partial charge < -0.3 is 70.3 Å². The second kappa shape index (κ2) is 42.5. The van der Waals surface area contributed by atoms with Gasteiger partial charge in [-0.1, -0.05) is 118 Å². The summed E-state index contributed by atoms with van der Waals surface area (Å²) in [5.41, 5.74) is 0.533. The summed E-state index contributed by atoms with van der Waals surface area (Å²) in [5.74, 6) is -11.3. The van der Waals surface area contributed by atoms with E-state index in [2.05, 4.69) is 35.9 Å². The van der Waals surface area contributed by atoms with E-state index in [-0.39, 0.29) is 93.3 Å². The number of carbonyl (C=O) groups excluding carboxylic acids is 12. The van der Waals surface area contributed by atoms with E-state index in [1.807, 2.05) is 62.3 Å². The summed E-state index contributed by atoms with van der Waals surface area (Å²) in [6, 6.07) is -7.28. The number of nitrogens with zero attached hydrogens (tertiary/aromatic N) is 9. The number of ether oxygens (including phenoxy) is 1. The minimum Gasteiger partial charge on any atom is -0.391 e. The zero-order valence-electron chi connectivity index (χ0n) is 66.3. The summed E-state index contributed by atoms with van der Waals surface area (Å²) >= 11 is 6.53. The van der Waals surface area contributed by atoms with Crippen LogP contribution in [0, 0.1) is 35.5 Å². The van der Waals surface area contributed by atoms with Crippen molar-refractivity contribution >= 4 is 82.5 Å². The van der Waals surface area contributed by atoms with Gasteiger partial charge in [-0.05, 0) is 118 Å². The number of piperidine rings is 1. The third-order valence-corrected chi connectivity index (χ3v) is 20.2. The molecule has 0 radical (unpaired) electrons. The molecule has 2 aliphatic rings. The molecule has 0 saturated carbocycles. The fourth-order valence-corrected chi connectivity index (χ4v) is 13.5. The Labute approximate surface area is 631 Å². The van der Waals surface area contributed by atoms with Crippen LogP contribution in [0.15, 0.2) is 33.6 Å². The molecule has 1 aromatic heterocycles. The maximum absolute atomic E-state index is 15.6. The van der Waals surface area contributed by atoms with Crippen molar-refractivity contribution in [1.29, 1.82) is 0 Å². The van der Waals surface area contributed by atoms with Crippen LogP contribution in [0.3, 0.4) is 0 Å². The monoisotopic (exact) mass is 1510 g/mol. The number of aromatic nitrogens is 2. The Kier molecular flexibility index (Phi) is 36.3. The van der Waals surface area contributed by atoms with E-state index < -0.39 is 169 Å². The van der Waals surface area contributed by atoms with Crippen LogP contribution in [0.4, 0.5) is 0 Å². The van der Waals surface area contributed by atoms with E-state index >= 15 is 33.6 Å². The molecule has 12 atom stereocenters. The number of halogens is 1. The molecular weight excluding hydrogens is 1390 g/mol. The number of amides is 12. The van der Waals surface area contributed by atoms with Gasteiger partial charge >= 0.3 is 5.76 Å². The summed E-state index contributed by atoms with van der Waals surface area (Å²) in [5, 5.41) is 26.7. The molecule has 1 aromatic carbocycles. The van der Waals surface area contributed by atoms with Crippen molar-refractivity contribution in [2.75, 3.05) is 75.6 Å². The maximum Gasteiger partial charge on any atom is 0.438 e. The van der Waals surface area contributed by atoms with E-state index in [1.165, 1.54) is 80.8 Å². The predicted octanol–water partition coefficient (Wildman–Crippen LogP) is 3.99. The Hall–Kier alpha value is -7.99. The second-order valence-corrected chi connectivity index (χ2v) is 31.6. The van der Waals surface area contributed by atoms with Crippen LogP contribution >= 0.6 is 11.6 Å². The molecular formula is C75H123ClN14O16. The molecule has 0 aliphatic carbocycles. The Morgan fingerprint density at radius 1 is 0.547 bits per heavy atom. The minimum atomic E-state index is -1.75. The number of hydrogen-bond acceptors (Lipinski definition) is 17. The number of aliphatic hydroxyl groups excluding tert-OH is 1. The highest BCUT2D eigenvalue weighted by atomic mass is 35.5. The highest BCUT2D eigenvalue weighted by molar-refractivity contribution is 6.30. The molecule has 31 heteroatoms. The molecule has 2 saturated heterocycles. The average molecular weight is 1510 g/mol. The van der Waals surface area contributed by atoms with Gasteiger partial charge in [0.1, 0.15) is 67.0 Å². The van der Waals surface area contributed by atoms with Crippen molar-refractivity contribution in [3.63, 3.8) is 0 Å². The van der Waals surface area contributed by atoms with Crippen molar-refractivity contribution < 1.29 is 71.9 Å². The molecule has 106 heavy (non-hydrogen) atoms. The van der Waals surface area contributed by atoms with Crippen LogP contribution in [0.5, 0.6) is 0 Å². The second-order valence-electron chi connectivity index (χ2n) is 31.1. The number of aliphatic hydroxyl groups is 1. The van der Waals surface area contributed by atoms with Gasteiger partial charge in [0, 0.05) is 86.8 Å². The summed E-state index contributed by atoms with van der Waals surface area (Å²) < 4.78 is 10.6. The fourth-order valence-electron chi connectivity index (χ4n) is 13.3. The topological polar surface area (TPSA) is 367 Å². The summed E-state index contributed by atoms with van der Waals surface area (Å²) in [7, 11) is 9.87. The Balaban J connectivity index is 1.98. The lowest BCUT2D eigenvalue weighted by atomic mass is 9.94. The number of aromatic amines is 1. The minimum absolute atomic E-state index is 0.00580. The molecule has 3 heterocycles. The first kappa shape index (κ1) is 90.4. The lowest BCUT2D eigenvalue weighted by Crippen LogP contribution is -2.63. The quantitative estimate of drug-likeness (QED) is 0.109. The molecule has 596 valence electrons. The zero-order valence-corrected chi connectivity index (χ0v) is 67.1. The van der Waals surface area contributed by atoms with E-state index in [9.17, 15) is 33.9 Å². The van der Waals surface area contributed by atoms with Crippen molar-refractivity contribution in [1.82, 2.24) is 70.6 Å². The van der Waals surface area contributed by atoms with Crippen molar-refractivity contribution in [2.24, 2.45) is 35.5 Å². The molecule has 0 spiro atoms. The number of benzene rings is 1. The highest BCUT2D eigenvalue weighted by Gasteiger charge is 2.45. The first-order chi connectivity index (χ1) is 49.6. The molecule has 2 fully saturated rings. The van der Waals surface area contributed by atoms with Crippen LogP contribution in [0.2, 0.25) is 5.02 Å². The number of nitrogens with one attached hydrogen (secondary N) is 5. The van der Waals surface area contributed by atoms with Gasteiger partial charge in [0.2, 0.25) is 70.9 Å². The van der Waals surface area contributed by atoms with Gasteiger partial charge in [-0.15, -0.1) is 0 Å². The van der Waals surface area contributed by atoms with Crippen LogP contribution in [-0.2, 0) is 75.3 Å². The molecule has 0 bridgehead atoms. The Morgan fingerprint density at radius 2 is 1.00 bits per heavy atom. The van der Waals surface area contributed by atoms with E-state index in [4.69, 9.17) is 16.3 Å². The molecule has 2 aliphatic heterocycles. The average Bonchev–Trinajstić information content (AvgIpc) is 0.862. The van der Waals surface area contributed by atoms with Crippen molar-refractivity contribution in [3.8, 4) is 0 Å². The third-order valence-electron chi connectivity index (χ3n) is 19.9. The fraction of sp³-hybridized carbons (Fsp3) is 0.733. The standard InChI is InChI=1S/C75H123ClN14O16/c1-21-48(12)63-73(102)89(20)59(39-50-27-25-28-51(76)38-50)72(101)87(18)56(35-45(6)7)66(95)78-53(41-105-42-60-79-75(104)106-82-60)69(98)85(16)57(36-46(8)9)68(97)81-64(49(13)91)74(103)88(19)58(37-47(10)11)71(100)86(17)55(34-44(4)5)65(94)77-52(70(99)90-31-23-22-24-32-90)40-62(93)83(14)30-26-29-61(92)84(15)54(33-43(2)3)67(96)80-63/h25,27-28,38,43-49,52-59,63-64,91H,21-24,26,29-37,39-42H2,1-20H3,(H,77,94)(H,78,95)(H,80,96)(H,81,97)(H,79,82,104)/t48-,49+,52-,53?,54-,55-,56-,57-,58-,59-,63-,64-/m0/s1. The van der Waals surface area contributed by atoms with Crippen molar-refractivity contribution in [3.05, 3.63) is 51.2 Å². The van der Waals surface area contributed by atoms with Gasteiger partial charge in [-0.2, -0.15) is 0 Å². The normalized spacial score (nSPS) is 25.0. The molecule has 12 amide bonds. The summed E-state index contributed by atoms with van der Waals surface area (Å²) in [4.78, 5) is 205. The molecule has 1 unspecified atom stereocenters. The number of hydrogen-bond donors (Lipinski definition) is 6. The highest BCUT2D eigenvalue weighted by Crippen LogP contribution is 2.26. The predicted molar refractivity (Wildman–Crippen MR) is 399 cm³/mol. The molecule has 30 nitrogen and oxygen atoms in total. The van der Waals surface area contributed by atoms with E-state index in [1.54, 1.807) is 49.9 Å². The van der Waals surface area contributed by atoms with Crippen LogP contribution in [0.1, 0.15) is 178 Å². The number of rotatable bonds is 20. The first-order valence-corrected chi connectivity index (χ1v) is 37.9. The largest absolute Gasteiger partial charge is 0.438 e.